The summed E-state index contributed by atoms with van der Waals surface area (Å²) >= 11 is 5.88. The summed E-state index contributed by atoms with van der Waals surface area (Å²) in [6.45, 7) is 0.510. The Morgan fingerprint density at radius 3 is 2.52 bits per heavy atom. The Hall–Kier alpha value is -2.97. The van der Waals surface area contributed by atoms with Gasteiger partial charge in [-0.15, -0.1) is 0 Å². The van der Waals surface area contributed by atoms with Crippen LogP contribution in [0.5, 0.6) is 0 Å². The molecule has 0 bridgehead atoms. The van der Waals surface area contributed by atoms with Crippen LogP contribution < -0.4 is 16.4 Å². The normalized spacial score (nSPS) is 10.2. The number of carbonyl (C=O) groups excluding carboxylic acids is 2. The van der Waals surface area contributed by atoms with Crippen molar-refractivity contribution >= 4 is 34.8 Å². The van der Waals surface area contributed by atoms with Crippen molar-refractivity contribution in [2.24, 2.45) is 5.73 Å². The maximum Gasteiger partial charge on any atom is 0.313 e. The molecule has 2 aromatic rings. The zero-order valence-electron chi connectivity index (χ0n) is 13.0. The molecule has 0 spiro atoms. The molecule has 0 fully saturated rings. The van der Waals surface area contributed by atoms with Crippen molar-refractivity contribution < 1.29 is 14.5 Å². The predicted molar refractivity (Wildman–Crippen MR) is 92.9 cm³/mol. The molecule has 0 atom stereocenters. The number of nitro benzene ring substituents is 1. The Morgan fingerprint density at radius 2 is 1.84 bits per heavy atom. The average Bonchev–Trinajstić information content (AvgIpc) is 2.61. The highest BCUT2D eigenvalue weighted by Gasteiger charge is 2.17. The number of benzene rings is 2. The average molecular weight is 363 g/mol. The summed E-state index contributed by atoms with van der Waals surface area (Å²) in [5.41, 5.74) is 6.97. The quantitative estimate of drug-likeness (QED) is 0.425. The molecule has 0 saturated heterocycles. The van der Waals surface area contributed by atoms with Gasteiger partial charge < -0.3 is 16.4 Å². The fourth-order valence-electron chi connectivity index (χ4n) is 2.03. The van der Waals surface area contributed by atoms with E-state index >= 15 is 0 Å². The number of nitrogens with one attached hydrogen (secondary N) is 2. The van der Waals surface area contributed by atoms with Crippen molar-refractivity contribution in [1.29, 1.82) is 0 Å². The first-order valence-corrected chi connectivity index (χ1v) is 7.59. The molecule has 0 heterocycles. The van der Waals surface area contributed by atoms with E-state index in [4.69, 9.17) is 17.3 Å². The lowest BCUT2D eigenvalue weighted by atomic mass is 10.1. The molecular formula is C16H15ClN4O4. The van der Waals surface area contributed by atoms with Gasteiger partial charge in [0.25, 0.3) is 5.69 Å². The summed E-state index contributed by atoms with van der Waals surface area (Å²) < 4.78 is 0. The third kappa shape index (κ3) is 5.00. The molecule has 25 heavy (non-hydrogen) atoms. The Bertz CT molecular complexity index is 826. The van der Waals surface area contributed by atoms with Crippen LogP contribution in [0.1, 0.15) is 11.1 Å². The topological polar surface area (TPSA) is 127 Å². The number of hydrogen-bond donors (Lipinski definition) is 3. The number of nitrogens with zero attached hydrogens (tertiary/aromatic N) is 1. The van der Waals surface area contributed by atoms with E-state index in [1.54, 1.807) is 12.1 Å². The summed E-state index contributed by atoms with van der Waals surface area (Å²) in [7, 11) is 0. The van der Waals surface area contributed by atoms with Crippen LogP contribution in [0, 0.1) is 10.1 Å². The first-order valence-electron chi connectivity index (χ1n) is 7.21. The predicted octanol–water partition coefficient (Wildman–Crippen LogP) is 1.96. The van der Waals surface area contributed by atoms with Gasteiger partial charge in [0.15, 0.2) is 0 Å². The Morgan fingerprint density at radius 1 is 1.12 bits per heavy atom. The third-order valence-corrected chi connectivity index (χ3v) is 3.62. The fourth-order valence-corrected chi connectivity index (χ4v) is 2.20. The lowest BCUT2D eigenvalue weighted by Crippen LogP contribution is -2.35. The smallest absolute Gasteiger partial charge is 0.313 e. The van der Waals surface area contributed by atoms with Gasteiger partial charge in [0.2, 0.25) is 0 Å². The third-order valence-electron chi connectivity index (χ3n) is 3.30. The molecule has 0 aromatic heterocycles. The number of rotatable bonds is 5. The van der Waals surface area contributed by atoms with E-state index < -0.39 is 16.7 Å². The second-order valence-corrected chi connectivity index (χ2v) is 5.49. The standard InChI is InChI=1S/C16H15ClN4O4/c17-13-5-4-12(21(24)25)7-14(13)20-16(23)15(22)19-9-11-3-1-2-10(6-11)8-18/h1-7H,8-9,18H2,(H,19,22)(H,20,23). The Balaban J connectivity index is 1.99. The number of amides is 2. The lowest BCUT2D eigenvalue weighted by molar-refractivity contribution is -0.384. The minimum Gasteiger partial charge on any atom is -0.344 e. The van der Waals surface area contributed by atoms with Gasteiger partial charge in [-0.25, -0.2) is 0 Å². The van der Waals surface area contributed by atoms with Crippen molar-refractivity contribution in [3.05, 3.63) is 68.7 Å². The van der Waals surface area contributed by atoms with Gasteiger partial charge in [-0.1, -0.05) is 35.9 Å². The highest BCUT2D eigenvalue weighted by atomic mass is 35.5. The van der Waals surface area contributed by atoms with Crippen molar-refractivity contribution in [3.63, 3.8) is 0 Å². The van der Waals surface area contributed by atoms with Crippen LogP contribution >= 0.6 is 11.6 Å². The van der Waals surface area contributed by atoms with Crippen LogP contribution in [-0.4, -0.2) is 16.7 Å². The number of hydrogen-bond acceptors (Lipinski definition) is 5. The van der Waals surface area contributed by atoms with Crippen molar-refractivity contribution in [2.45, 2.75) is 13.1 Å². The number of halogens is 1. The van der Waals surface area contributed by atoms with E-state index in [2.05, 4.69) is 10.6 Å². The van der Waals surface area contributed by atoms with Gasteiger partial charge in [0.05, 0.1) is 15.6 Å². The van der Waals surface area contributed by atoms with Crippen molar-refractivity contribution in [2.75, 3.05) is 5.32 Å². The molecule has 9 heteroatoms. The van der Waals surface area contributed by atoms with Crippen LogP contribution in [-0.2, 0) is 22.7 Å². The van der Waals surface area contributed by atoms with E-state index in [1.165, 1.54) is 12.1 Å². The number of nitrogens with two attached hydrogens (primary N) is 1. The SMILES string of the molecule is NCc1cccc(CNC(=O)C(=O)Nc2cc([N+](=O)[O-])ccc2Cl)c1. The number of anilines is 1. The monoisotopic (exact) mass is 362 g/mol. The van der Waals surface area contributed by atoms with Crippen molar-refractivity contribution in [1.82, 2.24) is 5.32 Å². The minimum absolute atomic E-state index is 0.0128. The maximum absolute atomic E-state index is 11.9. The van der Waals surface area contributed by atoms with Crippen LogP contribution in [0.25, 0.3) is 0 Å². The van der Waals surface area contributed by atoms with Crippen LogP contribution in [0.2, 0.25) is 5.02 Å². The summed E-state index contributed by atoms with van der Waals surface area (Å²) in [6, 6.07) is 10.8. The molecule has 4 N–H and O–H groups in total. The number of nitro groups is 1. The molecule has 2 aromatic carbocycles. The zero-order chi connectivity index (χ0) is 18.4. The van der Waals surface area contributed by atoms with Crippen LogP contribution in [0.15, 0.2) is 42.5 Å². The molecular weight excluding hydrogens is 348 g/mol. The van der Waals surface area contributed by atoms with E-state index in [0.717, 1.165) is 17.2 Å². The molecule has 0 radical (unpaired) electrons. The van der Waals surface area contributed by atoms with Gasteiger partial charge in [-0.3, -0.25) is 19.7 Å². The number of non-ortho nitro benzene ring substituents is 1. The van der Waals surface area contributed by atoms with E-state index in [9.17, 15) is 19.7 Å². The van der Waals surface area contributed by atoms with Gasteiger partial charge in [-0.2, -0.15) is 0 Å². The van der Waals surface area contributed by atoms with E-state index in [-0.39, 0.29) is 22.9 Å². The Labute approximate surface area is 148 Å². The summed E-state index contributed by atoms with van der Waals surface area (Å²) in [5.74, 6) is -1.86. The molecule has 0 saturated carbocycles. The highest BCUT2D eigenvalue weighted by molar-refractivity contribution is 6.41. The molecule has 130 valence electrons. The first kappa shape index (κ1) is 18.4. The fraction of sp³-hybridized carbons (Fsp3) is 0.125. The van der Waals surface area contributed by atoms with Crippen LogP contribution in [0.3, 0.4) is 0 Å². The van der Waals surface area contributed by atoms with E-state index in [1.807, 2.05) is 12.1 Å². The first-order chi connectivity index (χ1) is 11.9. The molecule has 0 aliphatic carbocycles. The maximum atomic E-state index is 11.9. The summed E-state index contributed by atoms with van der Waals surface area (Å²) in [5, 5.41) is 15.6. The highest BCUT2D eigenvalue weighted by Crippen LogP contribution is 2.26. The zero-order valence-corrected chi connectivity index (χ0v) is 13.7. The lowest BCUT2D eigenvalue weighted by Gasteiger charge is -2.08. The second-order valence-electron chi connectivity index (χ2n) is 5.08. The molecule has 0 aliphatic rings. The molecule has 0 unspecified atom stereocenters. The largest absolute Gasteiger partial charge is 0.344 e. The van der Waals surface area contributed by atoms with Gasteiger partial charge in [-0.05, 0) is 17.2 Å². The van der Waals surface area contributed by atoms with Crippen molar-refractivity contribution in [3.8, 4) is 0 Å². The van der Waals surface area contributed by atoms with Gasteiger partial charge in [0.1, 0.15) is 0 Å². The summed E-state index contributed by atoms with van der Waals surface area (Å²) in [4.78, 5) is 33.9. The van der Waals surface area contributed by atoms with Gasteiger partial charge in [0, 0.05) is 25.2 Å². The van der Waals surface area contributed by atoms with E-state index in [0.29, 0.717) is 6.54 Å². The minimum atomic E-state index is -0.975. The Kier molecular flexibility index (Phi) is 6.04. The molecule has 2 rings (SSSR count). The van der Waals surface area contributed by atoms with Gasteiger partial charge >= 0.3 is 11.8 Å². The molecule has 8 nitrogen and oxygen atoms in total. The van der Waals surface area contributed by atoms with Crippen LogP contribution in [0.4, 0.5) is 11.4 Å². The second kappa shape index (κ2) is 8.22. The number of carbonyl (C=O) groups is 2. The summed E-state index contributed by atoms with van der Waals surface area (Å²) in [6.07, 6.45) is 0. The molecule has 0 aliphatic heterocycles. The molecule has 2 amide bonds.